The van der Waals surface area contributed by atoms with Gasteiger partial charge in [-0.25, -0.2) is 4.79 Å². The van der Waals surface area contributed by atoms with Gasteiger partial charge in [0.2, 0.25) is 0 Å². The third-order valence-electron chi connectivity index (χ3n) is 6.51. The Bertz CT molecular complexity index is 747. The summed E-state index contributed by atoms with van der Waals surface area (Å²) < 4.78 is 0. The zero-order valence-electron chi connectivity index (χ0n) is 19.4. The minimum atomic E-state index is -1.02. The van der Waals surface area contributed by atoms with E-state index in [0.717, 1.165) is 36.8 Å². The maximum Gasteiger partial charge on any atom is 0.320 e. The van der Waals surface area contributed by atoms with Gasteiger partial charge in [0.1, 0.15) is 12.2 Å². The molecule has 0 radical (unpaired) electrons. The molecule has 0 aliphatic carbocycles. The molecule has 1 fully saturated rings. The maximum atomic E-state index is 13.9. The lowest BCUT2D eigenvalue weighted by atomic mass is 9.91. The minimum absolute atomic E-state index is 0.0654. The topological polar surface area (TPSA) is 64.0 Å². The number of aliphatic hydroxyl groups is 2. The van der Waals surface area contributed by atoms with E-state index in [1.54, 1.807) is 0 Å². The van der Waals surface area contributed by atoms with E-state index in [2.05, 4.69) is 13.8 Å². The molecule has 1 saturated heterocycles. The Kier molecular flexibility index (Phi) is 9.12. The van der Waals surface area contributed by atoms with Crippen molar-refractivity contribution in [3.05, 3.63) is 71.8 Å². The summed E-state index contributed by atoms with van der Waals surface area (Å²) in [7, 11) is 0. The molecule has 0 aromatic heterocycles. The van der Waals surface area contributed by atoms with Gasteiger partial charge in [-0.2, -0.15) is 0 Å². The van der Waals surface area contributed by atoms with E-state index < -0.39 is 24.3 Å². The van der Waals surface area contributed by atoms with Crippen molar-refractivity contribution < 1.29 is 15.0 Å². The zero-order valence-corrected chi connectivity index (χ0v) is 19.4. The van der Waals surface area contributed by atoms with Crippen molar-refractivity contribution in [2.45, 2.75) is 76.7 Å². The molecule has 1 heterocycles. The van der Waals surface area contributed by atoms with E-state index in [4.69, 9.17) is 0 Å². The first-order chi connectivity index (χ1) is 15.6. The van der Waals surface area contributed by atoms with E-state index in [9.17, 15) is 15.0 Å². The fourth-order valence-corrected chi connectivity index (χ4v) is 4.63. The van der Waals surface area contributed by atoms with E-state index >= 15 is 0 Å². The van der Waals surface area contributed by atoms with Crippen LogP contribution in [0.5, 0.6) is 0 Å². The Morgan fingerprint density at radius 1 is 0.688 bits per heavy atom. The highest BCUT2D eigenvalue weighted by Gasteiger charge is 2.45. The smallest absolute Gasteiger partial charge is 0.320 e. The molecule has 2 aromatic carbocycles. The number of hydrogen-bond acceptors (Lipinski definition) is 3. The van der Waals surface area contributed by atoms with Crippen molar-refractivity contribution in [2.24, 2.45) is 0 Å². The van der Waals surface area contributed by atoms with Crippen molar-refractivity contribution in [1.29, 1.82) is 0 Å². The van der Waals surface area contributed by atoms with Crippen LogP contribution in [0.15, 0.2) is 60.7 Å². The molecule has 1 aliphatic heterocycles. The molecule has 1 aliphatic rings. The lowest BCUT2D eigenvalue weighted by molar-refractivity contribution is -0.0396. The van der Waals surface area contributed by atoms with E-state index in [-0.39, 0.29) is 6.03 Å². The fourth-order valence-electron chi connectivity index (χ4n) is 4.63. The van der Waals surface area contributed by atoms with Crippen LogP contribution in [0.3, 0.4) is 0 Å². The highest BCUT2D eigenvalue weighted by atomic mass is 16.3. The SMILES string of the molecule is CCCCN1C(=O)N(CCCC)C(Cc2ccccc2)C(O)C(O)C1Cc1ccccc1. The number of rotatable bonds is 10. The first kappa shape index (κ1) is 24.3. The molecule has 5 nitrogen and oxygen atoms in total. The van der Waals surface area contributed by atoms with Crippen molar-refractivity contribution in [3.8, 4) is 0 Å². The van der Waals surface area contributed by atoms with Gasteiger partial charge in [-0.1, -0.05) is 87.4 Å². The third-order valence-corrected chi connectivity index (χ3v) is 6.51. The van der Waals surface area contributed by atoms with Gasteiger partial charge >= 0.3 is 6.03 Å². The van der Waals surface area contributed by atoms with Gasteiger partial charge in [-0.3, -0.25) is 0 Å². The maximum absolute atomic E-state index is 13.9. The van der Waals surface area contributed by atoms with Gasteiger partial charge < -0.3 is 20.0 Å². The van der Waals surface area contributed by atoms with Gasteiger partial charge in [0.25, 0.3) is 0 Å². The van der Waals surface area contributed by atoms with Crippen LogP contribution in [0.1, 0.15) is 50.7 Å². The summed E-state index contributed by atoms with van der Waals surface area (Å²) in [5, 5.41) is 22.8. The largest absolute Gasteiger partial charge is 0.388 e. The van der Waals surface area contributed by atoms with Crippen LogP contribution < -0.4 is 0 Å². The normalized spacial score (nSPS) is 23.9. The van der Waals surface area contributed by atoms with Crippen molar-refractivity contribution in [2.75, 3.05) is 13.1 Å². The van der Waals surface area contributed by atoms with Crippen LogP contribution in [0, 0.1) is 0 Å². The molecule has 174 valence electrons. The molecular weight excluding hydrogens is 400 g/mol. The molecule has 2 N–H and O–H groups in total. The molecule has 3 rings (SSSR count). The average Bonchev–Trinajstić information content (AvgIpc) is 2.88. The van der Waals surface area contributed by atoms with Gasteiger partial charge in [0.15, 0.2) is 0 Å². The molecule has 0 bridgehead atoms. The van der Waals surface area contributed by atoms with Crippen molar-refractivity contribution in [1.82, 2.24) is 9.80 Å². The molecule has 2 amide bonds. The van der Waals surface area contributed by atoms with Crippen molar-refractivity contribution in [3.63, 3.8) is 0 Å². The Morgan fingerprint density at radius 3 is 1.41 bits per heavy atom. The summed E-state index contributed by atoms with van der Waals surface area (Å²) in [4.78, 5) is 17.5. The van der Waals surface area contributed by atoms with Crippen LogP contribution in [-0.4, -0.2) is 63.4 Å². The number of nitrogens with zero attached hydrogens (tertiary/aromatic N) is 2. The van der Waals surface area contributed by atoms with Crippen molar-refractivity contribution >= 4 is 6.03 Å². The number of hydrogen-bond donors (Lipinski definition) is 2. The Morgan fingerprint density at radius 2 is 1.06 bits per heavy atom. The molecule has 0 spiro atoms. The van der Waals surface area contributed by atoms with Crippen LogP contribution in [0.4, 0.5) is 4.79 Å². The number of amides is 2. The first-order valence-corrected chi connectivity index (χ1v) is 12.1. The number of aliphatic hydroxyl groups excluding tert-OH is 2. The number of unbranched alkanes of at least 4 members (excludes halogenated alkanes) is 2. The first-order valence-electron chi connectivity index (χ1n) is 12.1. The number of carbonyl (C=O) groups excluding carboxylic acids is 1. The number of carbonyl (C=O) groups is 1. The summed E-state index contributed by atoms with van der Waals surface area (Å²) in [5.74, 6) is 0. The summed E-state index contributed by atoms with van der Waals surface area (Å²) >= 11 is 0. The summed E-state index contributed by atoms with van der Waals surface area (Å²) in [6.45, 7) is 5.37. The predicted molar refractivity (Wildman–Crippen MR) is 129 cm³/mol. The quantitative estimate of drug-likeness (QED) is 0.582. The average molecular weight is 439 g/mol. The van der Waals surface area contributed by atoms with Crippen LogP contribution in [0.2, 0.25) is 0 Å². The van der Waals surface area contributed by atoms with E-state index in [1.807, 2.05) is 70.5 Å². The van der Waals surface area contributed by atoms with Gasteiger partial charge in [0, 0.05) is 13.1 Å². The number of benzene rings is 2. The lowest BCUT2D eigenvalue weighted by Gasteiger charge is -2.35. The molecule has 32 heavy (non-hydrogen) atoms. The zero-order chi connectivity index (χ0) is 22.9. The van der Waals surface area contributed by atoms with Gasteiger partial charge in [-0.05, 0) is 36.8 Å². The summed E-state index contributed by atoms with van der Waals surface area (Å²) in [6, 6.07) is 18.9. The van der Waals surface area contributed by atoms with Gasteiger partial charge in [0.05, 0.1) is 12.1 Å². The van der Waals surface area contributed by atoms with Gasteiger partial charge in [-0.15, -0.1) is 0 Å². The Balaban J connectivity index is 1.97. The molecule has 5 heteroatoms. The fraction of sp³-hybridized carbons (Fsp3) is 0.519. The predicted octanol–water partition coefficient (Wildman–Crippen LogP) is 4.27. The number of urea groups is 1. The highest BCUT2D eigenvalue weighted by Crippen LogP contribution is 2.28. The second kappa shape index (κ2) is 12.0. The third kappa shape index (κ3) is 5.90. The second-order valence-corrected chi connectivity index (χ2v) is 8.87. The lowest BCUT2D eigenvalue weighted by Crippen LogP contribution is -2.51. The molecule has 0 saturated carbocycles. The minimum Gasteiger partial charge on any atom is -0.388 e. The molecular formula is C27H38N2O3. The van der Waals surface area contributed by atoms with Crippen LogP contribution in [-0.2, 0) is 12.8 Å². The molecule has 4 atom stereocenters. The van der Waals surface area contributed by atoms with E-state index in [0.29, 0.717) is 25.9 Å². The Hall–Kier alpha value is -2.37. The monoisotopic (exact) mass is 438 g/mol. The highest BCUT2D eigenvalue weighted by molar-refractivity contribution is 5.76. The molecule has 4 unspecified atom stereocenters. The summed E-state index contributed by atoms with van der Waals surface area (Å²) in [6.07, 6.45) is 2.66. The second-order valence-electron chi connectivity index (χ2n) is 8.87. The van der Waals surface area contributed by atoms with Crippen LogP contribution in [0.25, 0.3) is 0 Å². The Labute approximate surface area is 192 Å². The molecule has 2 aromatic rings. The van der Waals surface area contributed by atoms with E-state index in [1.165, 1.54) is 0 Å². The standard InChI is InChI=1S/C27H38N2O3/c1-3-5-17-28-23(19-21-13-9-7-10-14-21)25(30)26(31)24(20-22-15-11-8-12-16-22)29(27(28)32)18-6-4-2/h7-16,23-26,30-31H,3-6,17-20H2,1-2H3. The summed E-state index contributed by atoms with van der Waals surface area (Å²) in [5.41, 5.74) is 2.11. The van der Waals surface area contributed by atoms with Crippen LogP contribution >= 0.6 is 0 Å².